The molecule has 9 nitrogen and oxygen atoms in total. The molecule has 202 valence electrons. The van der Waals surface area contributed by atoms with Gasteiger partial charge in [-0.15, -0.1) is 0 Å². The van der Waals surface area contributed by atoms with Crippen LogP contribution in [-0.4, -0.2) is 66.3 Å². The Kier molecular flexibility index (Phi) is 11.8. The Hall–Kier alpha value is -1.98. The molecule has 0 aliphatic rings. The maximum absolute atomic E-state index is 9.44. The van der Waals surface area contributed by atoms with Crippen LogP contribution in [0.1, 0.15) is 38.3 Å². The third kappa shape index (κ3) is 9.82. The molecule has 36 heavy (non-hydrogen) atoms. The van der Waals surface area contributed by atoms with Gasteiger partial charge in [0.25, 0.3) is 0 Å². The van der Waals surface area contributed by atoms with E-state index in [4.69, 9.17) is 31.5 Å². The van der Waals surface area contributed by atoms with Gasteiger partial charge in [-0.05, 0) is 50.9 Å². The molecule has 2 rings (SSSR count). The summed E-state index contributed by atoms with van der Waals surface area (Å²) in [5, 5.41) is 9.52. The molecule has 3 N–H and O–H groups in total. The molecule has 0 amide bonds. The van der Waals surface area contributed by atoms with Crippen LogP contribution in [0.5, 0.6) is 11.6 Å². The van der Waals surface area contributed by atoms with Gasteiger partial charge in [-0.2, -0.15) is 4.98 Å². The van der Waals surface area contributed by atoms with Crippen LogP contribution in [0.3, 0.4) is 0 Å². The van der Waals surface area contributed by atoms with E-state index >= 15 is 0 Å². The van der Waals surface area contributed by atoms with Crippen LogP contribution in [-0.2, 0) is 11.3 Å². The number of aliphatic hydroxyl groups excluding tert-OH is 1. The van der Waals surface area contributed by atoms with Gasteiger partial charge in [-0.3, -0.25) is 4.98 Å². The SMILES string of the molecule is CCC(N)[C@@H](C)N(COCC[Si](C)(C)C)c1nc(Cl)nc(OCc2cncc(OC[C@H](C)O)c2)c1C. The molecule has 0 fully saturated rings. The predicted octanol–water partition coefficient (Wildman–Crippen LogP) is 4.42. The van der Waals surface area contributed by atoms with Crippen LogP contribution in [0, 0.1) is 6.92 Å². The highest BCUT2D eigenvalue weighted by Gasteiger charge is 2.25. The minimum absolute atomic E-state index is 0.0358. The van der Waals surface area contributed by atoms with Gasteiger partial charge in [0, 0.05) is 38.5 Å². The highest BCUT2D eigenvalue weighted by Crippen LogP contribution is 2.30. The Bertz CT molecular complexity index is 961. The molecule has 0 aliphatic heterocycles. The second kappa shape index (κ2) is 14.1. The van der Waals surface area contributed by atoms with Crippen LogP contribution in [0.25, 0.3) is 0 Å². The van der Waals surface area contributed by atoms with Crippen molar-refractivity contribution in [1.82, 2.24) is 15.0 Å². The summed E-state index contributed by atoms with van der Waals surface area (Å²) in [5.41, 5.74) is 7.96. The number of pyridine rings is 1. The van der Waals surface area contributed by atoms with Gasteiger partial charge < -0.3 is 30.0 Å². The molecule has 2 aromatic heterocycles. The largest absolute Gasteiger partial charge is 0.489 e. The van der Waals surface area contributed by atoms with E-state index in [0.717, 1.165) is 23.6 Å². The molecule has 0 saturated carbocycles. The van der Waals surface area contributed by atoms with Gasteiger partial charge in [0.05, 0.1) is 17.9 Å². The first-order chi connectivity index (χ1) is 16.9. The van der Waals surface area contributed by atoms with Crippen LogP contribution in [0.2, 0.25) is 31.0 Å². The Morgan fingerprint density at radius 3 is 2.53 bits per heavy atom. The fraction of sp³-hybridized carbons (Fsp3) is 0.640. The molecule has 11 heteroatoms. The number of halogens is 1. The first kappa shape index (κ1) is 30.2. The minimum Gasteiger partial charge on any atom is -0.489 e. The van der Waals surface area contributed by atoms with Crippen LogP contribution in [0.4, 0.5) is 5.82 Å². The highest BCUT2D eigenvalue weighted by atomic mass is 35.5. The molecule has 0 aliphatic carbocycles. The Morgan fingerprint density at radius 2 is 1.89 bits per heavy atom. The van der Waals surface area contributed by atoms with Crippen molar-refractivity contribution in [3.8, 4) is 11.6 Å². The number of nitrogens with two attached hydrogens (primary N) is 1. The molecule has 1 unspecified atom stereocenters. The molecule has 3 atom stereocenters. The van der Waals surface area contributed by atoms with Crippen molar-refractivity contribution < 1.29 is 19.3 Å². The molecule has 0 spiro atoms. The second-order valence-corrected chi connectivity index (χ2v) is 16.3. The van der Waals surface area contributed by atoms with Gasteiger partial charge >= 0.3 is 0 Å². The standard InChI is InChI=1S/C25H42ClN5O4Si/c1-8-22(27)19(4)31(16-33-9-10-36(5,6)7)23-18(3)24(30-25(26)29-23)35-15-20-11-21(13-28-12-20)34-14-17(2)32/h11-13,17,19,22,32H,8-10,14-16,27H2,1-7H3/t17-,19+,22?/m0/s1. The molecular formula is C25H42ClN5O4Si. The summed E-state index contributed by atoms with van der Waals surface area (Å²) in [6.45, 7) is 16.1. The third-order valence-electron chi connectivity index (χ3n) is 5.77. The first-order valence-corrected chi connectivity index (χ1v) is 16.5. The van der Waals surface area contributed by atoms with E-state index in [1.165, 1.54) is 0 Å². The van der Waals surface area contributed by atoms with Gasteiger partial charge in [0.2, 0.25) is 11.2 Å². The summed E-state index contributed by atoms with van der Waals surface area (Å²) in [7, 11) is -1.21. The summed E-state index contributed by atoms with van der Waals surface area (Å²) in [5.74, 6) is 1.57. The van der Waals surface area contributed by atoms with Crippen LogP contribution in [0.15, 0.2) is 18.5 Å². The molecule has 2 aromatic rings. The van der Waals surface area contributed by atoms with Gasteiger partial charge in [-0.1, -0.05) is 26.6 Å². The lowest BCUT2D eigenvalue weighted by Crippen LogP contribution is -2.47. The number of nitrogens with zero attached hydrogens (tertiary/aromatic N) is 4. The summed E-state index contributed by atoms with van der Waals surface area (Å²) < 4.78 is 17.7. The first-order valence-electron chi connectivity index (χ1n) is 12.4. The van der Waals surface area contributed by atoms with Crippen molar-refractivity contribution in [2.75, 3.05) is 24.8 Å². The molecule has 0 bridgehead atoms. The average Bonchev–Trinajstić information content (AvgIpc) is 2.82. The predicted molar refractivity (Wildman–Crippen MR) is 147 cm³/mol. The Morgan fingerprint density at radius 1 is 1.17 bits per heavy atom. The normalized spacial score (nSPS) is 14.3. The number of aromatic nitrogens is 3. The maximum Gasteiger partial charge on any atom is 0.227 e. The van der Waals surface area contributed by atoms with Crippen molar-refractivity contribution >= 4 is 25.5 Å². The van der Waals surface area contributed by atoms with E-state index in [2.05, 4.69) is 48.4 Å². The van der Waals surface area contributed by atoms with Crippen molar-refractivity contribution in [3.63, 3.8) is 0 Å². The van der Waals surface area contributed by atoms with Crippen LogP contribution >= 0.6 is 11.6 Å². The second-order valence-electron chi connectivity index (χ2n) is 10.4. The highest BCUT2D eigenvalue weighted by molar-refractivity contribution is 6.76. The molecular weight excluding hydrogens is 498 g/mol. The van der Waals surface area contributed by atoms with Crippen molar-refractivity contribution in [1.29, 1.82) is 0 Å². The molecule has 0 saturated heterocycles. The van der Waals surface area contributed by atoms with Gasteiger partial charge in [0.15, 0.2) is 0 Å². The van der Waals surface area contributed by atoms with E-state index in [0.29, 0.717) is 30.8 Å². The third-order valence-corrected chi connectivity index (χ3v) is 7.64. The number of anilines is 1. The molecule has 2 heterocycles. The van der Waals surface area contributed by atoms with E-state index in [1.807, 2.05) is 17.9 Å². The topological polar surface area (TPSA) is 116 Å². The smallest absolute Gasteiger partial charge is 0.227 e. The summed E-state index contributed by atoms with van der Waals surface area (Å²) >= 11 is 6.33. The zero-order valence-electron chi connectivity index (χ0n) is 22.6. The Labute approximate surface area is 221 Å². The lowest BCUT2D eigenvalue weighted by atomic mass is 10.1. The number of hydrogen-bond donors (Lipinski definition) is 2. The zero-order chi connectivity index (χ0) is 26.9. The lowest BCUT2D eigenvalue weighted by Gasteiger charge is -2.34. The number of ether oxygens (including phenoxy) is 3. The van der Waals surface area contributed by atoms with E-state index < -0.39 is 14.2 Å². The number of hydrogen-bond acceptors (Lipinski definition) is 9. The number of aliphatic hydroxyl groups is 1. The summed E-state index contributed by atoms with van der Waals surface area (Å²) in [4.78, 5) is 15.1. The fourth-order valence-corrected chi connectivity index (χ4v) is 4.27. The molecule has 0 aromatic carbocycles. The zero-order valence-corrected chi connectivity index (χ0v) is 24.4. The lowest BCUT2D eigenvalue weighted by molar-refractivity contribution is 0.122. The van der Waals surface area contributed by atoms with Crippen molar-refractivity contribution in [2.45, 2.75) is 84.6 Å². The quantitative estimate of drug-likeness (QED) is 0.147. The van der Waals surface area contributed by atoms with Crippen molar-refractivity contribution in [3.05, 3.63) is 34.9 Å². The number of rotatable bonds is 15. The summed E-state index contributed by atoms with van der Waals surface area (Å²) in [6, 6.07) is 2.78. The van der Waals surface area contributed by atoms with Crippen molar-refractivity contribution in [2.24, 2.45) is 5.73 Å². The van der Waals surface area contributed by atoms with Gasteiger partial charge in [0.1, 0.15) is 31.5 Å². The molecule has 0 radical (unpaired) electrons. The fourth-order valence-electron chi connectivity index (χ4n) is 3.35. The van der Waals surface area contributed by atoms with Gasteiger partial charge in [-0.25, -0.2) is 4.98 Å². The summed E-state index contributed by atoms with van der Waals surface area (Å²) in [6.07, 6.45) is 3.53. The van der Waals surface area contributed by atoms with E-state index in [1.54, 1.807) is 19.3 Å². The minimum atomic E-state index is -1.21. The average molecular weight is 540 g/mol. The monoisotopic (exact) mass is 539 g/mol. The van der Waals surface area contributed by atoms with Crippen LogP contribution < -0.4 is 20.1 Å². The maximum atomic E-state index is 9.44. The Balaban J connectivity index is 2.23. The van der Waals surface area contributed by atoms with E-state index in [-0.39, 0.29) is 30.6 Å². The van der Waals surface area contributed by atoms with E-state index in [9.17, 15) is 5.11 Å².